The second kappa shape index (κ2) is 3.26. The molecule has 0 saturated carbocycles. The lowest BCUT2D eigenvalue weighted by atomic mass is 10.2. The monoisotopic (exact) mass is 167 g/mol. The minimum atomic E-state index is 0.624. The smallest absolute Gasteiger partial charge is 0.106 e. The fourth-order valence-corrected chi connectivity index (χ4v) is 1.73. The number of hydrogen-bond donors (Lipinski definition) is 1. The first-order valence-electron chi connectivity index (χ1n) is 3.52. The summed E-state index contributed by atoms with van der Waals surface area (Å²) in [7, 11) is 0. The fourth-order valence-electron chi connectivity index (χ4n) is 1.03. The summed E-state index contributed by atoms with van der Waals surface area (Å²) >= 11 is 1.63. The Balaban J connectivity index is 2.33. The first-order chi connectivity index (χ1) is 5.47. The number of rotatable bonds is 0. The van der Waals surface area contributed by atoms with Crippen molar-refractivity contribution >= 4 is 11.9 Å². The lowest BCUT2D eigenvalue weighted by Gasteiger charge is -2.00. The van der Waals surface area contributed by atoms with E-state index in [4.69, 9.17) is 4.74 Å². The van der Waals surface area contributed by atoms with Crippen LogP contribution in [0.4, 0.5) is 0 Å². The summed E-state index contributed by atoms with van der Waals surface area (Å²) in [6.07, 6.45) is 0. The van der Waals surface area contributed by atoms with E-state index < -0.39 is 0 Å². The van der Waals surface area contributed by atoms with Gasteiger partial charge in [0.2, 0.25) is 0 Å². The van der Waals surface area contributed by atoms with Crippen LogP contribution in [0.25, 0.3) is 0 Å². The SMILES string of the molecule is c1ccc2c(c1)COCNS2. The molecule has 1 aliphatic heterocycles. The van der Waals surface area contributed by atoms with Crippen molar-refractivity contribution in [3.05, 3.63) is 29.8 Å². The van der Waals surface area contributed by atoms with E-state index in [9.17, 15) is 0 Å². The number of nitrogens with one attached hydrogen (secondary N) is 1. The second-order valence-electron chi connectivity index (χ2n) is 2.35. The molecule has 2 nitrogen and oxygen atoms in total. The summed E-state index contributed by atoms with van der Waals surface area (Å²) in [5.41, 5.74) is 1.27. The van der Waals surface area contributed by atoms with Crippen LogP contribution in [-0.2, 0) is 11.3 Å². The maximum Gasteiger partial charge on any atom is 0.106 e. The van der Waals surface area contributed by atoms with Gasteiger partial charge in [0, 0.05) is 4.90 Å². The van der Waals surface area contributed by atoms with Gasteiger partial charge in [0.15, 0.2) is 0 Å². The molecule has 0 aromatic heterocycles. The summed E-state index contributed by atoms with van der Waals surface area (Å²) in [6, 6.07) is 8.27. The van der Waals surface area contributed by atoms with Crippen molar-refractivity contribution < 1.29 is 4.74 Å². The zero-order chi connectivity index (χ0) is 7.52. The molecule has 0 saturated heterocycles. The molecule has 1 aliphatic rings. The standard InChI is InChI=1S/C8H9NOS/c1-2-4-8-7(3-1)5-10-6-9-11-8/h1-4,9H,5-6H2. The highest BCUT2D eigenvalue weighted by atomic mass is 32.2. The summed E-state index contributed by atoms with van der Waals surface area (Å²) < 4.78 is 8.39. The number of ether oxygens (including phenoxy) is 1. The summed E-state index contributed by atoms with van der Waals surface area (Å²) in [5.74, 6) is 0. The molecular formula is C8H9NOS. The molecule has 0 bridgehead atoms. The topological polar surface area (TPSA) is 21.3 Å². The summed E-state index contributed by atoms with van der Waals surface area (Å²) in [6.45, 7) is 1.34. The predicted molar refractivity (Wildman–Crippen MR) is 45.1 cm³/mol. The van der Waals surface area contributed by atoms with E-state index in [1.807, 2.05) is 12.1 Å². The first kappa shape index (κ1) is 7.16. The molecule has 1 N–H and O–H groups in total. The molecule has 1 aromatic rings. The van der Waals surface area contributed by atoms with Gasteiger partial charge in [0.1, 0.15) is 6.73 Å². The molecule has 0 amide bonds. The zero-order valence-electron chi connectivity index (χ0n) is 6.04. The third-order valence-corrected chi connectivity index (χ3v) is 2.45. The molecule has 1 heterocycles. The molecule has 0 atom stereocenters. The molecule has 2 rings (SSSR count). The van der Waals surface area contributed by atoms with E-state index in [0.29, 0.717) is 6.73 Å². The van der Waals surface area contributed by atoms with Crippen molar-refractivity contribution in [2.24, 2.45) is 0 Å². The van der Waals surface area contributed by atoms with Gasteiger partial charge in [-0.2, -0.15) is 0 Å². The van der Waals surface area contributed by atoms with Crippen molar-refractivity contribution in [3.8, 4) is 0 Å². The lowest BCUT2D eigenvalue weighted by molar-refractivity contribution is 0.120. The molecule has 0 spiro atoms. The van der Waals surface area contributed by atoms with Crippen LogP contribution in [0, 0.1) is 0 Å². The average Bonchev–Trinajstić information content (AvgIpc) is 2.28. The van der Waals surface area contributed by atoms with Crippen LogP contribution in [0.5, 0.6) is 0 Å². The second-order valence-corrected chi connectivity index (χ2v) is 3.28. The van der Waals surface area contributed by atoms with Gasteiger partial charge >= 0.3 is 0 Å². The Morgan fingerprint density at radius 2 is 2.27 bits per heavy atom. The van der Waals surface area contributed by atoms with Crippen molar-refractivity contribution in [2.75, 3.05) is 6.73 Å². The van der Waals surface area contributed by atoms with Crippen LogP contribution in [0.15, 0.2) is 29.2 Å². The normalized spacial score (nSPS) is 17.1. The van der Waals surface area contributed by atoms with E-state index in [1.165, 1.54) is 10.5 Å². The molecule has 3 heteroatoms. The Bertz CT molecular complexity index is 227. The molecule has 0 aliphatic carbocycles. The maximum atomic E-state index is 5.29. The van der Waals surface area contributed by atoms with Gasteiger partial charge in [-0.25, -0.2) is 4.72 Å². The minimum Gasteiger partial charge on any atom is -0.361 e. The fraction of sp³-hybridized carbons (Fsp3) is 0.250. The van der Waals surface area contributed by atoms with Gasteiger partial charge in [-0.05, 0) is 23.6 Å². The highest BCUT2D eigenvalue weighted by Gasteiger charge is 2.05. The van der Waals surface area contributed by atoms with Crippen molar-refractivity contribution in [1.29, 1.82) is 0 Å². The molecule has 0 fully saturated rings. The summed E-state index contributed by atoms with van der Waals surface area (Å²) in [4.78, 5) is 1.27. The Morgan fingerprint density at radius 3 is 3.27 bits per heavy atom. The van der Waals surface area contributed by atoms with E-state index in [-0.39, 0.29) is 0 Å². The Hall–Kier alpha value is -0.510. The zero-order valence-corrected chi connectivity index (χ0v) is 6.86. The molecule has 0 radical (unpaired) electrons. The van der Waals surface area contributed by atoms with Crippen molar-refractivity contribution in [3.63, 3.8) is 0 Å². The molecule has 0 unspecified atom stereocenters. The van der Waals surface area contributed by atoms with E-state index in [1.54, 1.807) is 11.9 Å². The van der Waals surface area contributed by atoms with Gasteiger partial charge in [0.25, 0.3) is 0 Å². The third-order valence-electron chi connectivity index (χ3n) is 1.57. The van der Waals surface area contributed by atoms with Gasteiger partial charge in [-0.1, -0.05) is 18.2 Å². The highest BCUT2D eigenvalue weighted by molar-refractivity contribution is 7.97. The Kier molecular flexibility index (Phi) is 2.12. The van der Waals surface area contributed by atoms with Crippen LogP contribution in [0.1, 0.15) is 5.56 Å². The maximum absolute atomic E-state index is 5.29. The van der Waals surface area contributed by atoms with E-state index in [0.717, 1.165) is 6.61 Å². The predicted octanol–water partition coefficient (Wildman–Crippen LogP) is 1.77. The summed E-state index contributed by atoms with van der Waals surface area (Å²) in [5, 5.41) is 0. The molecule has 1 aromatic carbocycles. The number of benzene rings is 1. The van der Waals surface area contributed by atoms with Crippen LogP contribution < -0.4 is 4.72 Å². The third kappa shape index (κ3) is 1.56. The number of fused-ring (bicyclic) bond motifs is 1. The van der Waals surface area contributed by atoms with Crippen molar-refractivity contribution in [1.82, 2.24) is 4.72 Å². The van der Waals surface area contributed by atoms with Crippen LogP contribution in [-0.4, -0.2) is 6.73 Å². The van der Waals surface area contributed by atoms with E-state index in [2.05, 4.69) is 16.9 Å². The first-order valence-corrected chi connectivity index (χ1v) is 4.34. The van der Waals surface area contributed by atoms with Crippen LogP contribution in [0.2, 0.25) is 0 Å². The minimum absolute atomic E-state index is 0.624. The average molecular weight is 167 g/mol. The van der Waals surface area contributed by atoms with Gasteiger partial charge in [-0.15, -0.1) is 0 Å². The number of hydrogen-bond acceptors (Lipinski definition) is 3. The lowest BCUT2D eigenvalue weighted by Crippen LogP contribution is -2.04. The van der Waals surface area contributed by atoms with Crippen LogP contribution in [0.3, 0.4) is 0 Å². The van der Waals surface area contributed by atoms with E-state index >= 15 is 0 Å². The Labute approximate surface area is 70.1 Å². The molecule has 11 heavy (non-hydrogen) atoms. The highest BCUT2D eigenvalue weighted by Crippen LogP contribution is 2.22. The Morgan fingerprint density at radius 1 is 1.36 bits per heavy atom. The molecule has 58 valence electrons. The largest absolute Gasteiger partial charge is 0.361 e. The van der Waals surface area contributed by atoms with Crippen LogP contribution >= 0.6 is 11.9 Å². The van der Waals surface area contributed by atoms with Gasteiger partial charge in [-0.3, -0.25) is 0 Å². The molecular weight excluding hydrogens is 158 g/mol. The van der Waals surface area contributed by atoms with Gasteiger partial charge < -0.3 is 4.74 Å². The van der Waals surface area contributed by atoms with Crippen molar-refractivity contribution in [2.45, 2.75) is 11.5 Å². The van der Waals surface area contributed by atoms with Gasteiger partial charge in [0.05, 0.1) is 6.61 Å². The quantitative estimate of drug-likeness (QED) is 0.595.